The Bertz CT molecular complexity index is 521. The molecule has 1 aromatic carbocycles. The van der Waals surface area contributed by atoms with Crippen molar-refractivity contribution >= 4 is 11.6 Å². The first kappa shape index (κ1) is 15.5. The molecule has 1 fully saturated rings. The molecular weight excluding hydrogens is 266 g/mol. The molecule has 5 heteroatoms. The molecule has 1 amide bonds. The number of carbonyl (C=O) groups is 1. The van der Waals surface area contributed by atoms with Crippen LogP contribution in [0.25, 0.3) is 0 Å². The van der Waals surface area contributed by atoms with Crippen LogP contribution < -0.4 is 5.32 Å². The van der Waals surface area contributed by atoms with Gasteiger partial charge in [0.05, 0.1) is 25.6 Å². The van der Waals surface area contributed by atoms with Crippen molar-refractivity contribution in [3.63, 3.8) is 0 Å². The minimum atomic E-state index is -0.0735. The topological polar surface area (TPSA) is 76.4 Å². The number of hydrogen-bond donors (Lipinski definition) is 2. The van der Waals surface area contributed by atoms with Gasteiger partial charge >= 0.3 is 0 Å². The van der Waals surface area contributed by atoms with Crippen LogP contribution in [-0.2, 0) is 11.2 Å². The summed E-state index contributed by atoms with van der Waals surface area (Å²) >= 11 is 0. The molecule has 0 radical (unpaired) electrons. The Labute approximate surface area is 125 Å². The Kier molecular flexibility index (Phi) is 5.32. The van der Waals surface area contributed by atoms with Gasteiger partial charge in [-0.3, -0.25) is 9.69 Å². The van der Waals surface area contributed by atoms with Gasteiger partial charge in [-0.1, -0.05) is 19.1 Å². The number of hydrogen-bond acceptors (Lipinski definition) is 4. The minimum absolute atomic E-state index is 0.0735. The molecule has 5 nitrogen and oxygen atoms in total. The van der Waals surface area contributed by atoms with E-state index in [1.54, 1.807) is 12.1 Å². The van der Waals surface area contributed by atoms with Crippen LogP contribution in [0, 0.1) is 17.2 Å². The fraction of sp³-hybridized carbons (Fsp3) is 0.500. The molecule has 112 valence electrons. The summed E-state index contributed by atoms with van der Waals surface area (Å²) in [7, 11) is 0. The molecule has 0 aromatic heterocycles. The van der Waals surface area contributed by atoms with E-state index < -0.39 is 0 Å². The van der Waals surface area contributed by atoms with E-state index in [0.717, 1.165) is 24.2 Å². The maximum Gasteiger partial charge on any atom is 0.238 e. The molecule has 2 rings (SSSR count). The molecule has 1 aliphatic heterocycles. The van der Waals surface area contributed by atoms with Crippen LogP contribution in [0.3, 0.4) is 0 Å². The molecule has 21 heavy (non-hydrogen) atoms. The number of carbonyl (C=O) groups excluding carboxylic acids is 1. The van der Waals surface area contributed by atoms with E-state index in [1.165, 1.54) is 0 Å². The molecule has 1 aliphatic rings. The fourth-order valence-corrected chi connectivity index (χ4v) is 2.76. The second kappa shape index (κ2) is 7.21. The summed E-state index contributed by atoms with van der Waals surface area (Å²) in [5, 5.41) is 20.9. The Morgan fingerprint density at radius 2 is 2.19 bits per heavy atom. The number of nitrogens with zero attached hydrogens (tertiary/aromatic N) is 2. The van der Waals surface area contributed by atoms with Gasteiger partial charge in [0.25, 0.3) is 0 Å². The molecule has 0 aliphatic carbocycles. The highest BCUT2D eigenvalue weighted by atomic mass is 16.3. The monoisotopic (exact) mass is 287 g/mol. The van der Waals surface area contributed by atoms with Crippen molar-refractivity contribution in [1.82, 2.24) is 4.90 Å². The van der Waals surface area contributed by atoms with Gasteiger partial charge in [-0.25, -0.2) is 0 Å². The predicted molar refractivity (Wildman–Crippen MR) is 80.6 cm³/mol. The zero-order chi connectivity index (χ0) is 15.2. The molecule has 1 saturated heterocycles. The maximum absolute atomic E-state index is 12.1. The molecule has 2 N–H and O–H groups in total. The molecule has 0 spiro atoms. The Morgan fingerprint density at radius 1 is 1.48 bits per heavy atom. The first-order chi connectivity index (χ1) is 10.1. The Morgan fingerprint density at radius 3 is 2.81 bits per heavy atom. The minimum Gasteiger partial charge on any atom is -0.395 e. The van der Waals surface area contributed by atoms with Crippen molar-refractivity contribution < 1.29 is 9.90 Å². The Hall–Kier alpha value is -1.90. The van der Waals surface area contributed by atoms with Crippen LogP contribution >= 0.6 is 0 Å². The molecule has 2 unspecified atom stereocenters. The van der Waals surface area contributed by atoms with Crippen molar-refractivity contribution in [1.29, 1.82) is 5.26 Å². The summed E-state index contributed by atoms with van der Waals surface area (Å²) in [6.45, 7) is 3.35. The number of rotatable bonds is 5. The van der Waals surface area contributed by atoms with Crippen molar-refractivity contribution in [2.45, 2.75) is 25.8 Å². The Balaban J connectivity index is 1.88. The van der Waals surface area contributed by atoms with E-state index in [0.29, 0.717) is 18.9 Å². The van der Waals surface area contributed by atoms with E-state index in [2.05, 4.69) is 18.3 Å². The summed E-state index contributed by atoms with van der Waals surface area (Å²) in [5.74, 6) is 0.351. The molecule has 2 atom stereocenters. The van der Waals surface area contributed by atoms with Crippen molar-refractivity contribution in [2.75, 3.05) is 25.0 Å². The number of aliphatic hydroxyl groups is 1. The highest BCUT2D eigenvalue weighted by Crippen LogP contribution is 2.23. The summed E-state index contributed by atoms with van der Waals surface area (Å²) < 4.78 is 0. The number of nitrogens with one attached hydrogen (secondary N) is 1. The average molecular weight is 287 g/mol. The summed E-state index contributed by atoms with van der Waals surface area (Å²) in [6.07, 6.45) is 1.39. The van der Waals surface area contributed by atoms with Crippen LogP contribution in [0.15, 0.2) is 24.3 Å². The van der Waals surface area contributed by atoms with Crippen LogP contribution in [0.5, 0.6) is 0 Å². The normalized spacial score (nSPS) is 22.0. The number of aliphatic hydroxyl groups excluding tert-OH is 1. The van der Waals surface area contributed by atoms with Crippen molar-refractivity contribution in [2.24, 2.45) is 5.92 Å². The van der Waals surface area contributed by atoms with Gasteiger partial charge in [0.1, 0.15) is 0 Å². The smallest absolute Gasteiger partial charge is 0.238 e. The van der Waals surface area contributed by atoms with Gasteiger partial charge in [-0.15, -0.1) is 0 Å². The first-order valence-corrected chi connectivity index (χ1v) is 7.24. The molecule has 1 aromatic rings. The molecule has 1 heterocycles. The second-order valence-corrected chi connectivity index (χ2v) is 5.57. The molecule has 0 bridgehead atoms. The lowest BCUT2D eigenvalue weighted by molar-refractivity contribution is -0.117. The highest BCUT2D eigenvalue weighted by molar-refractivity contribution is 5.92. The molecule has 0 saturated carbocycles. The van der Waals surface area contributed by atoms with Gasteiger partial charge in [-0.05, 0) is 36.6 Å². The van der Waals surface area contributed by atoms with Gasteiger partial charge in [0.15, 0.2) is 0 Å². The number of amides is 1. The van der Waals surface area contributed by atoms with E-state index in [9.17, 15) is 9.90 Å². The maximum atomic E-state index is 12.1. The predicted octanol–water partition coefficient (Wildman–Crippen LogP) is 1.39. The summed E-state index contributed by atoms with van der Waals surface area (Å²) in [4.78, 5) is 14.1. The number of anilines is 1. The van der Waals surface area contributed by atoms with E-state index >= 15 is 0 Å². The van der Waals surface area contributed by atoms with E-state index in [-0.39, 0.29) is 18.6 Å². The van der Waals surface area contributed by atoms with Crippen molar-refractivity contribution in [3.8, 4) is 6.07 Å². The highest BCUT2D eigenvalue weighted by Gasteiger charge is 2.31. The second-order valence-electron chi connectivity index (χ2n) is 5.57. The van der Waals surface area contributed by atoms with Gasteiger partial charge in [0.2, 0.25) is 5.91 Å². The zero-order valence-electron chi connectivity index (χ0n) is 12.2. The number of nitriles is 1. The third kappa shape index (κ3) is 4.03. The summed E-state index contributed by atoms with van der Waals surface area (Å²) in [5.41, 5.74) is 1.67. The fourth-order valence-electron chi connectivity index (χ4n) is 2.76. The van der Waals surface area contributed by atoms with Crippen LogP contribution in [0.4, 0.5) is 5.69 Å². The quantitative estimate of drug-likeness (QED) is 0.858. The zero-order valence-corrected chi connectivity index (χ0v) is 12.2. The lowest BCUT2D eigenvalue weighted by Crippen LogP contribution is -2.40. The lowest BCUT2D eigenvalue weighted by atomic mass is 10.0. The van der Waals surface area contributed by atoms with Gasteiger partial charge in [0, 0.05) is 11.7 Å². The third-order valence-electron chi connectivity index (χ3n) is 4.05. The standard InChI is InChI=1S/C16H21N3O2/c1-12-7-9-19(15(12)11-20)10-16(21)18-14-4-2-13(3-5-14)6-8-17/h2-5,12,15,20H,6-7,9-11H2,1H3,(H,18,21). The molecular formula is C16H21N3O2. The van der Waals surface area contributed by atoms with Gasteiger partial charge < -0.3 is 10.4 Å². The van der Waals surface area contributed by atoms with Crippen LogP contribution in [-0.4, -0.2) is 41.7 Å². The van der Waals surface area contributed by atoms with Crippen LogP contribution in [0.1, 0.15) is 18.9 Å². The number of benzene rings is 1. The van der Waals surface area contributed by atoms with Gasteiger partial charge in [-0.2, -0.15) is 5.26 Å². The third-order valence-corrected chi connectivity index (χ3v) is 4.05. The first-order valence-electron chi connectivity index (χ1n) is 7.24. The average Bonchev–Trinajstić information content (AvgIpc) is 2.81. The summed E-state index contributed by atoms with van der Waals surface area (Å²) in [6, 6.07) is 9.46. The largest absolute Gasteiger partial charge is 0.395 e. The lowest BCUT2D eigenvalue weighted by Gasteiger charge is -2.24. The number of likely N-dealkylation sites (tertiary alicyclic amines) is 1. The SMILES string of the molecule is CC1CCN(CC(=O)Nc2ccc(CC#N)cc2)C1CO. The van der Waals surface area contributed by atoms with Crippen molar-refractivity contribution in [3.05, 3.63) is 29.8 Å². The van der Waals surface area contributed by atoms with E-state index in [1.807, 2.05) is 17.0 Å². The van der Waals surface area contributed by atoms with E-state index in [4.69, 9.17) is 5.26 Å². The van der Waals surface area contributed by atoms with Crippen LogP contribution in [0.2, 0.25) is 0 Å².